The summed E-state index contributed by atoms with van der Waals surface area (Å²) in [6, 6.07) is 5.32. The molecule has 0 bridgehead atoms. The molecular formula is C14H14F2N2O2S. The molecular weight excluding hydrogens is 298 g/mol. The Morgan fingerprint density at radius 2 is 1.62 bits per heavy atom. The third kappa shape index (κ3) is 3.18. The third-order valence-electron chi connectivity index (χ3n) is 2.93. The van der Waals surface area contributed by atoms with E-state index in [1.165, 1.54) is 0 Å². The van der Waals surface area contributed by atoms with E-state index >= 15 is 0 Å². The second-order valence-electron chi connectivity index (χ2n) is 4.81. The maximum Gasteiger partial charge on any atom is 0.262 e. The smallest absolute Gasteiger partial charge is 0.262 e. The standard InChI is InChI=1S/C14H14F2N2O2S/c1-8-6-9(2)13(10(3)7-8)21(19,20)18-11-4-5-12(15)17-14(11)16/h4-7,18H,1-3H3. The first-order chi connectivity index (χ1) is 9.70. The van der Waals surface area contributed by atoms with Gasteiger partial charge in [0.2, 0.25) is 11.9 Å². The van der Waals surface area contributed by atoms with Crippen LogP contribution in [-0.2, 0) is 10.0 Å². The van der Waals surface area contributed by atoms with Crippen LogP contribution in [0, 0.1) is 32.7 Å². The van der Waals surface area contributed by atoms with Gasteiger partial charge in [-0.2, -0.15) is 13.8 Å². The number of hydrogen-bond donors (Lipinski definition) is 1. The van der Waals surface area contributed by atoms with Crippen molar-refractivity contribution < 1.29 is 17.2 Å². The lowest BCUT2D eigenvalue weighted by Gasteiger charge is -2.14. The predicted octanol–water partition coefficient (Wildman–Crippen LogP) is 3.09. The van der Waals surface area contributed by atoms with Crippen LogP contribution in [0.4, 0.5) is 14.5 Å². The summed E-state index contributed by atoms with van der Waals surface area (Å²) >= 11 is 0. The topological polar surface area (TPSA) is 59.1 Å². The van der Waals surface area contributed by atoms with Crippen molar-refractivity contribution in [3.05, 3.63) is 52.9 Å². The second kappa shape index (κ2) is 5.40. The average molecular weight is 312 g/mol. The van der Waals surface area contributed by atoms with Gasteiger partial charge >= 0.3 is 0 Å². The van der Waals surface area contributed by atoms with E-state index in [-0.39, 0.29) is 4.90 Å². The summed E-state index contributed by atoms with van der Waals surface area (Å²) in [5.74, 6) is -2.22. The van der Waals surface area contributed by atoms with E-state index in [0.29, 0.717) is 11.1 Å². The highest BCUT2D eigenvalue weighted by Crippen LogP contribution is 2.25. The molecule has 0 aliphatic rings. The number of nitrogens with zero attached hydrogens (tertiary/aromatic N) is 1. The van der Waals surface area contributed by atoms with Crippen molar-refractivity contribution in [3.63, 3.8) is 0 Å². The number of aryl methyl sites for hydroxylation is 3. The average Bonchev–Trinajstić information content (AvgIpc) is 2.30. The monoisotopic (exact) mass is 312 g/mol. The number of rotatable bonds is 3. The number of sulfonamides is 1. The Bertz CT molecular complexity index is 782. The Morgan fingerprint density at radius 1 is 1.05 bits per heavy atom. The fourth-order valence-electron chi connectivity index (χ4n) is 2.27. The number of halogens is 2. The molecule has 0 saturated carbocycles. The highest BCUT2D eigenvalue weighted by molar-refractivity contribution is 7.92. The zero-order valence-electron chi connectivity index (χ0n) is 11.7. The van der Waals surface area contributed by atoms with E-state index in [0.717, 1.165) is 17.7 Å². The van der Waals surface area contributed by atoms with Gasteiger partial charge in [-0.3, -0.25) is 4.72 Å². The minimum Gasteiger partial charge on any atom is -0.275 e. The Labute approximate surface area is 121 Å². The van der Waals surface area contributed by atoms with Gasteiger partial charge in [0.25, 0.3) is 10.0 Å². The Balaban J connectivity index is 2.48. The SMILES string of the molecule is Cc1cc(C)c(S(=O)(=O)Nc2ccc(F)nc2F)c(C)c1. The molecule has 21 heavy (non-hydrogen) atoms. The van der Waals surface area contributed by atoms with E-state index < -0.39 is 27.6 Å². The van der Waals surface area contributed by atoms with E-state index in [2.05, 4.69) is 9.71 Å². The van der Waals surface area contributed by atoms with Crippen molar-refractivity contribution in [2.45, 2.75) is 25.7 Å². The van der Waals surface area contributed by atoms with Gasteiger partial charge < -0.3 is 0 Å². The molecule has 2 aromatic rings. The maximum absolute atomic E-state index is 13.5. The van der Waals surface area contributed by atoms with Gasteiger partial charge in [0.05, 0.1) is 4.90 Å². The lowest BCUT2D eigenvalue weighted by molar-refractivity contribution is 0.515. The van der Waals surface area contributed by atoms with Crippen LogP contribution in [0.25, 0.3) is 0 Å². The summed E-state index contributed by atoms with van der Waals surface area (Å²) in [5.41, 5.74) is 1.64. The summed E-state index contributed by atoms with van der Waals surface area (Å²) in [4.78, 5) is 3.03. The number of benzene rings is 1. The van der Waals surface area contributed by atoms with E-state index in [1.54, 1.807) is 26.0 Å². The van der Waals surface area contributed by atoms with Crippen LogP contribution in [0.5, 0.6) is 0 Å². The number of anilines is 1. The minimum absolute atomic E-state index is 0.0804. The number of aromatic nitrogens is 1. The number of hydrogen-bond acceptors (Lipinski definition) is 3. The van der Waals surface area contributed by atoms with Crippen LogP contribution in [-0.4, -0.2) is 13.4 Å². The fraction of sp³-hybridized carbons (Fsp3) is 0.214. The molecule has 0 spiro atoms. The molecule has 0 aliphatic heterocycles. The fourth-order valence-corrected chi connectivity index (χ4v) is 3.78. The Hall–Kier alpha value is -2.02. The van der Waals surface area contributed by atoms with Crippen molar-refractivity contribution in [3.8, 4) is 0 Å². The third-order valence-corrected chi connectivity index (χ3v) is 4.60. The molecule has 112 valence electrons. The minimum atomic E-state index is -3.98. The van der Waals surface area contributed by atoms with Gasteiger partial charge in [0.15, 0.2) is 0 Å². The molecule has 0 radical (unpaired) electrons. The largest absolute Gasteiger partial charge is 0.275 e. The summed E-state index contributed by atoms with van der Waals surface area (Å²) < 4.78 is 53.1. The van der Waals surface area contributed by atoms with Crippen molar-refractivity contribution in [1.29, 1.82) is 0 Å². The molecule has 1 heterocycles. The van der Waals surface area contributed by atoms with Crippen molar-refractivity contribution in [2.24, 2.45) is 0 Å². The Morgan fingerprint density at radius 3 is 2.14 bits per heavy atom. The first kappa shape index (κ1) is 15.4. The van der Waals surface area contributed by atoms with Crippen LogP contribution < -0.4 is 4.72 Å². The summed E-state index contributed by atoms with van der Waals surface area (Å²) in [6.45, 7) is 5.18. The van der Waals surface area contributed by atoms with Crippen LogP contribution >= 0.6 is 0 Å². The molecule has 1 aromatic carbocycles. The molecule has 1 N–H and O–H groups in total. The first-order valence-corrected chi connectivity index (χ1v) is 7.62. The molecule has 2 rings (SSSR count). The molecule has 0 saturated heterocycles. The molecule has 0 unspecified atom stereocenters. The number of nitrogens with one attached hydrogen (secondary N) is 1. The highest BCUT2D eigenvalue weighted by Gasteiger charge is 2.21. The van der Waals surface area contributed by atoms with Gasteiger partial charge in [-0.15, -0.1) is 0 Å². The van der Waals surface area contributed by atoms with Crippen LogP contribution in [0.2, 0.25) is 0 Å². The van der Waals surface area contributed by atoms with E-state index in [9.17, 15) is 17.2 Å². The lowest BCUT2D eigenvalue weighted by atomic mass is 10.1. The van der Waals surface area contributed by atoms with Gasteiger partial charge in [-0.1, -0.05) is 17.7 Å². The van der Waals surface area contributed by atoms with E-state index in [1.807, 2.05) is 6.92 Å². The molecule has 0 amide bonds. The van der Waals surface area contributed by atoms with Crippen LogP contribution in [0.15, 0.2) is 29.2 Å². The summed E-state index contributed by atoms with van der Waals surface area (Å²) in [6.07, 6.45) is 0. The summed E-state index contributed by atoms with van der Waals surface area (Å²) in [5, 5.41) is 0. The number of pyridine rings is 1. The zero-order chi connectivity index (χ0) is 15.8. The zero-order valence-corrected chi connectivity index (χ0v) is 12.6. The van der Waals surface area contributed by atoms with Gasteiger partial charge in [-0.25, -0.2) is 8.42 Å². The molecule has 0 fully saturated rings. The molecule has 4 nitrogen and oxygen atoms in total. The molecule has 1 aromatic heterocycles. The van der Waals surface area contributed by atoms with Gasteiger partial charge in [0, 0.05) is 0 Å². The Kier molecular flexibility index (Phi) is 3.95. The first-order valence-electron chi connectivity index (χ1n) is 6.13. The summed E-state index contributed by atoms with van der Waals surface area (Å²) in [7, 11) is -3.98. The van der Waals surface area contributed by atoms with Crippen LogP contribution in [0.3, 0.4) is 0 Å². The molecule has 7 heteroatoms. The van der Waals surface area contributed by atoms with Crippen LogP contribution in [0.1, 0.15) is 16.7 Å². The lowest BCUT2D eigenvalue weighted by Crippen LogP contribution is -2.17. The van der Waals surface area contributed by atoms with E-state index in [4.69, 9.17) is 0 Å². The highest BCUT2D eigenvalue weighted by atomic mass is 32.2. The maximum atomic E-state index is 13.5. The molecule has 0 aliphatic carbocycles. The quantitative estimate of drug-likeness (QED) is 0.886. The van der Waals surface area contributed by atoms with Crippen molar-refractivity contribution >= 4 is 15.7 Å². The normalized spacial score (nSPS) is 11.5. The van der Waals surface area contributed by atoms with Gasteiger partial charge in [-0.05, 0) is 44.0 Å². The van der Waals surface area contributed by atoms with Gasteiger partial charge in [0.1, 0.15) is 5.69 Å². The van der Waals surface area contributed by atoms with Crippen molar-refractivity contribution in [2.75, 3.05) is 4.72 Å². The van der Waals surface area contributed by atoms with Crippen molar-refractivity contribution in [1.82, 2.24) is 4.98 Å². The second-order valence-corrected chi connectivity index (χ2v) is 6.42. The predicted molar refractivity (Wildman–Crippen MR) is 75.6 cm³/mol. The molecule has 0 atom stereocenters.